The molecule has 1 N–H and O–H groups in total. The molecule has 2 aromatic carbocycles. The number of fused-ring (bicyclic) bond motifs is 2. The fraction of sp³-hybridized carbons (Fsp3) is 0. The highest BCUT2D eigenvalue weighted by molar-refractivity contribution is 9.10. The van der Waals surface area contributed by atoms with Crippen LogP contribution in [0.4, 0.5) is 5.82 Å². The summed E-state index contributed by atoms with van der Waals surface area (Å²) in [5, 5.41) is 5.49. The molecule has 0 aliphatic carbocycles. The molecule has 0 radical (unpaired) electrons. The van der Waals surface area contributed by atoms with E-state index in [9.17, 15) is 0 Å². The number of rotatable bonds is 2. The maximum absolute atomic E-state index is 4.51. The molecule has 0 bridgehead atoms. The van der Waals surface area contributed by atoms with E-state index in [1.54, 1.807) is 11.0 Å². The molecule has 0 fully saturated rings. The van der Waals surface area contributed by atoms with Gasteiger partial charge in [0.2, 0.25) is 0 Å². The molecule has 2 aromatic heterocycles. The molecule has 0 saturated carbocycles. The molecule has 0 spiro atoms. The lowest BCUT2D eigenvalue weighted by Crippen LogP contribution is -2.10. The molecule has 0 aliphatic heterocycles. The first kappa shape index (κ1) is 12.3. The Morgan fingerprint density at radius 1 is 1.00 bits per heavy atom. The normalized spacial score (nSPS) is 11.1. The molecule has 5 nitrogen and oxygen atoms in total. The Morgan fingerprint density at radius 2 is 1.86 bits per heavy atom. The summed E-state index contributed by atoms with van der Waals surface area (Å²) in [7, 11) is 0. The van der Waals surface area contributed by atoms with E-state index in [1.807, 2.05) is 48.7 Å². The zero-order valence-electron chi connectivity index (χ0n) is 10.9. The number of nitrogens with zero attached hydrogens (tertiary/aromatic N) is 4. The topological polar surface area (TPSA) is 55.6 Å². The smallest absolute Gasteiger partial charge is 0.165 e. The Kier molecular flexibility index (Phi) is 2.82. The van der Waals surface area contributed by atoms with Gasteiger partial charge in [-0.1, -0.05) is 28.1 Å². The minimum atomic E-state index is 0.653. The maximum Gasteiger partial charge on any atom is 0.165 e. The Hall–Kier alpha value is -2.47. The van der Waals surface area contributed by atoms with Crippen LogP contribution in [0.2, 0.25) is 0 Å². The average Bonchev–Trinajstić information content (AvgIpc) is 2.88. The van der Waals surface area contributed by atoms with Crippen LogP contribution in [0.25, 0.3) is 21.9 Å². The lowest BCUT2D eigenvalue weighted by atomic mass is 10.3. The number of benzene rings is 2. The second kappa shape index (κ2) is 4.82. The molecule has 0 unspecified atom stereocenters. The first-order valence-electron chi connectivity index (χ1n) is 6.42. The van der Waals surface area contributed by atoms with Crippen molar-refractivity contribution in [2.75, 3.05) is 5.43 Å². The van der Waals surface area contributed by atoms with E-state index in [1.165, 1.54) is 0 Å². The standard InChI is InChI=1S/C15H10BrN5/c16-11-5-6-12-10(7-11)9-21(19-12)20-15-8-17-13-3-1-2-4-14(13)18-15/h1-9H,(H,18,20). The molecule has 2 heterocycles. The summed E-state index contributed by atoms with van der Waals surface area (Å²) in [5.41, 5.74) is 5.76. The molecule has 0 atom stereocenters. The summed E-state index contributed by atoms with van der Waals surface area (Å²) >= 11 is 3.46. The van der Waals surface area contributed by atoms with E-state index in [4.69, 9.17) is 0 Å². The van der Waals surface area contributed by atoms with E-state index < -0.39 is 0 Å². The van der Waals surface area contributed by atoms with Gasteiger partial charge in [-0.25, -0.2) is 4.98 Å². The summed E-state index contributed by atoms with van der Waals surface area (Å²) in [6.45, 7) is 0. The van der Waals surface area contributed by atoms with Crippen molar-refractivity contribution >= 4 is 43.7 Å². The third-order valence-corrected chi connectivity index (χ3v) is 3.64. The van der Waals surface area contributed by atoms with Crippen molar-refractivity contribution < 1.29 is 0 Å². The van der Waals surface area contributed by atoms with Crippen molar-refractivity contribution in [1.29, 1.82) is 0 Å². The van der Waals surface area contributed by atoms with Gasteiger partial charge in [0.1, 0.15) is 0 Å². The molecule has 6 heteroatoms. The number of nitrogens with one attached hydrogen (secondary N) is 1. The molecule has 0 aliphatic rings. The number of anilines is 1. The molecule has 0 amide bonds. The van der Waals surface area contributed by atoms with Gasteiger partial charge in [-0.2, -0.15) is 9.89 Å². The van der Waals surface area contributed by atoms with Crippen LogP contribution in [0.5, 0.6) is 0 Å². The van der Waals surface area contributed by atoms with Gasteiger partial charge in [0.05, 0.1) is 28.9 Å². The van der Waals surface area contributed by atoms with E-state index in [0.717, 1.165) is 26.4 Å². The van der Waals surface area contributed by atoms with Gasteiger partial charge in [0.15, 0.2) is 5.82 Å². The third-order valence-electron chi connectivity index (χ3n) is 3.14. The van der Waals surface area contributed by atoms with Crippen LogP contribution in [0, 0.1) is 0 Å². The molecular formula is C15H10BrN5. The quantitative estimate of drug-likeness (QED) is 0.606. The third kappa shape index (κ3) is 2.34. The number of halogens is 1. The van der Waals surface area contributed by atoms with Crippen LogP contribution in [0.1, 0.15) is 0 Å². The van der Waals surface area contributed by atoms with Crippen LogP contribution in [0.3, 0.4) is 0 Å². The van der Waals surface area contributed by atoms with Gasteiger partial charge < -0.3 is 0 Å². The Balaban J connectivity index is 1.71. The van der Waals surface area contributed by atoms with E-state index in [2.05, 4.69) is 36.4 Å². The first-order chi connectivity index (χ1) is 10.3. The van der Waals surface area contributed by atoms with Crippen molar-refractivity contribution in [2.45, 2.75) is 0 Å². The van der Waals surface area contributed by atoms with Crippen molar-refractivity contribution in [2.24, 2.45) is 0 Å². The summed E-state index contributed by atoms with van der Waals surface area (Å²) in [6.07, 6.45) is 3.61. The number of para-hydroxylation sites is 2. The van der Waals surface area contributed by atoms with E-state index >= 15 is 0 Å². The molecule has 21 heavy (non-hydrogen) atoms. The molecule has 4 rings (SSSR count). The Bertz CT molecular complexity index is 947. The van der Waals surface area contributed by atoms with Gasteiger partial charge in [0, 0.05) is 9.86 Å². The molecular weight excluding hydrogens is 330 g/mol. The van der Waals surface area contributed by atoms with Gasteiger partial charge in [-0.05, 0) is 30.3 Å². The predicted octanol–water partition coefficient (Wildman–Crippen LogP) is 3.62. The lowest BCUT2D eigenvalue weighted by Gasteiger charge is -2.05. The fourth-order valence-electron chi connectivity index (χ4n) is 2.18. The van der Waals surface area contributed by atoms with Crippen LogP contribution in [-0.2, 0) is 0 Å². The highest BCUT2D eigenvalue weighted by Crippen LogP contribution is 2.18. The molecule has 0 saturated heterocycles. The number of aromatic nitrogens is 4. The highest BCUT2D eigenvalue weighted by atomic mass is 79.9. The van der Waals surface area contributed by atoms with Gasteiger partial charge >= 0.3 is 0 Å². The zero-order chi connectivity index (χ0) is 14.2. The van der Waals surface area contributed by atoms with Gasteiger partial charge in [-0.3, -0.25) is 10.4 Å². The summed E-state index contributed by atoms with van der Waals surface area (Å²) in [5.74, 6) is 0.653. The second-order valence-electron chi connectivity index (χ2n) is 4.63. The highest BCUT2D eigenvalue weighted by Gasteiger charge is 2.03. The van der Waals surface area contributed by atoms with Crippen LogP contribution < -0.4 is 5.43 Å². The minimum absolute atomic E-state index is 0.653. The van der Waals surface area contributed by atoms with Crippen LogP contribution in [-0.4, -0.2) is 19.9 Å². The maximum atomic E-state index is 4.51. The summed E-state index contributed by atoms with van der Waals surface area (Å²) < 4.78 is 1.03. The summed E-state index contributed by atoms with van der Waals surface area (Å²) in [4.78, 5) is 10.5. The Labute approximate surface area is 128 Å². The van der Waals surface area contributed by atoms with E-state index in [0.29, 0.717) is 5.82 Å². The monoisotopic (exact) mass is 339 g/mol. The summed E-state index contributed by atoms with van der Waals surface area (Å²) in [6, 6.07) is 13.7. The van der Waals surface area contributed by atoms with Crippen molar-refractivity contribution in [1.82, 2.24) is 19.9 Å². The number of hydrogen-bond donors (Lipinski definition) is 1. The minimum Gasteiger partial charge on any atom is -0.260 e. The largest absolute Gasteiger partial charge is 0.260 e. The lowest BCUT2D eigenvalue weighted by molar-refractivity contribution is 0.808. The second-order valence-corrected chi connectivity index (χ2v) is 5.55. The van der Waals surface area contributed by atoms with E-state index in [-0.39, 0.29) is 0 Å². The number of hydrogen-bond acceptors (Lipinski definition) is 4. The van der Waals surface area contributed by atoms with Crippen molar-refractivity contribution in [3.8, 4) is 0 Å². The van der Waals surface area contributed by atoms with Crippen molar-refractivity contribution in [3.05, 3.63) is 59.3 Å². The first-order valence-corrected chi connectivity index (χ1v) is 7.21. The van der Waals surface area contributed by atoms with Crippen LogP contribution >= 0.6 is 15.9 Å². The SMILES string of the molecule is Brc1ccc2nn(Nc3cnc4ccccc4n3)cc2c1. The van der Waals surface area contributed by atoms with Gasteiger partial charge in [-0.15, -0.1) is 0 Å². The molecule has 102 valence electrons. The molecule has 4 aromatic rings. The predicted molar refractivity (Wildman–Crippen MR) is 86.0 cm³/mol. The average molecular weight is 340 g/mol. The van der Waals surface area contributed by atoms with Crippen molar-refractivity contribution in [3.63, 3.8) is 0 Å². The fourth-order valence-corrected chi connectivity index (χ4v) is 2.56. The zero-order valence-corrected chi connectivity index (χ0v) is 12.4. The van der Waals surface area contributed by atoms with Crippen LogP contribution in [0.15, 0.2) is 59.3 Å². The van der Waals surface area contributed by atoms with Gasteiger partial charge in [0.25, 0.3) is 0 Å². The Morgan fingerprint density at radius 3 is 2.76 bits per heavy atom.